The van der Waals surface area contributed by atoms with Gasteiger partial charge in [-0.2, -0.15) is 0 Å². The first-order chi connectivity index (χ1) is 21.8. The number of anilines is 2. The van der Waals surface area contributed by atoms with Crippen LogP contribution in [-0.4, -0.2) is 17.7 Å². The molecule has 224 valence electrons. The molecule has 3 N–H and O–H groups in total. The highest BCUT2D eigenvalue weighted by molar-refractivity contribution is 9.10. The summed E-state index contributed by atoms with van der Waals surface area (Å²) in [6.07, 6.45) is 1.63. The molecule has 5 aromatic carbocycles. The molecule has 3 amide bonds. The van der Waals surface area contributed by atoms with Crippen molar-refractivity contribution in [3.8, 4) is 0 Å². The zero-order valence-electron chi connectivity index (χ0n) is 24.4. The maximum atomic E-state index is 13.4. The molecule has 6 nitrogen and oxygen atoms in total. The maximum Gasteiger partial charge on any atom is 0.272 e. The van der Waals surface area contributed by atoms with Crippen LogP contribution >= 0.6 is 27.7 Å². The van der Waals surface area contributed by atoms with Crippen molar-refractivity contribution >= 4 is 62.9 Å². The van der Waals surface area contributed by atoms with Crippen molar-refractivity contribution in [2.24, 2.45) is 0 Å². The summed E-state index contributed by atoms with van der Waals surface area (Å²) in [6.45, 7) is 2.00. The summed E-state index contributed by atoms with van der Waals surface area (Å²) in [6, 6.07) is 40.7. The van der Waals surface area contributed by atoms with Crippen molar-refractivity contribution in [1.29, 1.82) is 0 Å². The molecule has 0 aliphatic heterocycles. The van der Waals surface area contributed by atoms with Crippen LogP contribution in [0.5, 0.6) is 0 Å². The minimum Gasteiger partial charge on any atom is -0.325 e. The Morgan fingerprint density at radius 3 is 1.91 bits per heavy atom. The van der Waals surface area contributed by atoms with E-state index in [1.165, 1.54) is 11.8 Å². The summed E-state index contributed by atoms with van der Waals surface area (Å²) in [7, 11) is 0. The Labute approximate surface area is 275 Å². The lowest BCUT2D eigenvalue weighted by Crippen LogP contribution is -2.30. The van der Waals surface area contributed by atoms with Gasteiger partial charge in [0.25, 0.3) is 11.8 Å². The second-order valence-corrected chi connectivity index (χ2v) is 12.3. The summed E-state index contributed by atoms with van der Waals surface area (Å²) in [5, 5.41) is 8.17. The number of benzene rings is 5. The number of hydrogen-bond acceptors (Lipinski definition) is 4. The first-order valence-corrected chi connectivity index (χ1v) is 15.9. The van der Waals surface area contributed by atoms with Crippen LogP contribution in [0.2, 0.25) is 0 Å². The zero-order valence-corrected chi connectivity index (χ0v) is 26.8. The third kappa shape index (κ3) is 9.04. The molecule has 1 unspecified atom stereocenters. The van der Waals surface area contributed by atoms with E-state index < -0.39 is 17.1 Å². The van der Waals surface area contributed by atoms with Crippen molar-refractivity contribution in [1.82, 2.24) is 5.32 Å². The molecule has 0 saturated carbocycles. The number of hydrogen-bond donors (Lipinski definition) is 3. The number of rotatable bonds is 10. The molecule has 0 bridgehead atoms. The monoisotopic (exact) mass is 675 g/mol. The van der Waals surface area contributed by atoms with Crippen molar-refractivity contribution in [3.63, 3.8) is 0 Å². The van der Waals surface area contributed by atoms with Crippen LogP contribution < -0.4 is 16.0 Å². The van der Waals surface area contributed by atoms with E-state index in [-0.39, 0.29) is 11.6 Å². The number of carbonyl (C=O) groups excluding carboxylic acids is 3. The fourth-order valence-corrected chi connectivity index (χ4v) is 5.65. The molecule has 1 atom stereocenters. The number of amides is 3. The normalized spacial score (nSPS) is 11.7. The van der Waals surface area contributed by atoms with Gasteiger partial charge in [0, 0.05) is 26.3 Å². The molecule has 45 heavy (non-hydrogen) atoms. The van der Waals surface area contributed by atoms with Gasteiger partial charge in [-0.25, -0.2) is 0 Å². The van der Waals surface area contributed by atoms with E-state index >= 15 is 0 Å². The van der Waals surface area contributed by atoms with E-state index in [0.717, 1.165) is 31.7 Å². The van der Waals surface area contributed by atoms with Gasteiger partial charge in [0.15, 0.2) is 0 Å². The Hall–Kier alpha value is -4.92. The van der Waals surface area contributed by atoms with Crippen LogP contribution in [-0.2, 0) is 9.59 Å². The molecule has 0 spiro atoms. The van der Waals surface area contributed by atoms with Gasteiger partial charge in [-0.1, -0.05) is 94.3 Å². The third-order valence-electron chi connectivity index (χ3n) is 6.74. The Bertz CT molecular complexity index is 1790. The topological polar surface area (TPSA) is 87.3 Å². The first-order valence-electron chi connectivity index (χ1n) is 14.2. The zero-order chi connectivity index (χ0) is 31.6. The molecule has 0 aliphatic rings. The highest BCUT2D eigenvalue weighted by Gasteiger charge is 2.22. The van der Waals surface area contributed by atoms with E-state index in [1.807, 2.05) is 104 Å². The van der Waals surface area contributed by atoms with E-state index in [0.29, 0.717) is 11.3 Å². The standard InChI is InChI=1S/C37H30BrN3O3S/c1-25-12-18-30(19-13-25)40-37(44)34(27-8-4-2-5-9-27)45-32-22-20-31(21-23-32)39-36(43)33(24-26-14-16-29(38)17-15-26)41-35(42)28-10-6-3-7-11-28/h2-24,34H,1H3,(H,39,43)(H,40,44)(H,41,42)/b33-24-. The smallest absolute Gasteiger partial charge is 0.272 e. The van der Waals surface area contributed by atoms with Gasteiger partial charge in [-0.3, -0.25) is 14.4 Å². The number of nitrogens with one attached hydrogen (secondary N) is 3. The molecule has 5 rings (SSSR count). The molecule has 0 heterocycles. The van der Waals surface area contributed by atoms with E-state index in [4.69, 9.17) is 0 Å². The second kappa shape index (κ2) is 15.2. The van der Waals surface area contributed by atoms with E-state index in [2.05, 4.69) is 31.9 Å². The summed E-state index contributed by atoms with van der Waals surface area (Å²) in [4.78, 5) is 40.6. The lowest BCUT2D eigenvalue weighted by atomic mass is 10.1. The maximum absolute atomic E-state index is 13.4. The van der Waals surface area contributed by atoms with Gasteiger partial charge in [0.2, 0.25) is 5.91 Å². The van der Waals surface area contributed by atoms with Crippen molar-refractivity contribution in [2.75, 3.05) is 10.6 Å². The lowest BCUT2D eigenvalue weighted by molar-refractivity contribution is -0.116. The molecule has 0 aliphatic carbocycles. The van der Waals surface area contributed by atoms with Crippen LogP contribution in [0, 0.1) is 6.92 Å². The predicted octanol–water partition coefficient (Wildman–Crippen LogP) is 8.64. The quantitative estimate of drug-likeness (QED) is 0.102. The minimum absolute atomic E-state index is 0.0987. The largest absolute Gasteiger partial charge is 0.325 e. The van der Waals surface area contributed by atoms with Crippen LogP contribution in [0.3, 0.4) is 0 Å². The summed E-state index contributed by atoms with van der Waals surface area (Å²) >= 11 is 4.84. The Kier molecular flexibility index (Phi) is 10.6. The molecule has 0 saturated heterocycles. The van der Waals surface area contributed by atoms with Gasteiger partial charge in [-0.15, -0.1) is 11.8 Å². The highest BCUT2D eigenvalue weighted by Crippen LogP contribution is 2.36. The minimum atomic E-state index is -0.499. The average molecular weight is 677 g/mol. The SMILES string of the molecule is Cc1ccc(NC(=O)C(Sc2ccc(NC(=O)/C(=C/c3ccc(Br)cc3)NC(=O)c3ccccc3)cc2)c2ccccc2)cc1. The Morgan fingerprint density at radius 2 is 1.27 bits per heavy atom. The average Bonchev–Trinajstić information content (AvgIpc) is 3.06. The van der Waals surface area contributed by atoms with Crippen LogP contribution in [0.25, 0.3) is 6.08 Å². The molecular formula is C37H30BrN3O3S. The number of aryl methyl sites for hydroxylation is 1. The van der Waals surface area contributed by atoms with Gasteiger partial charge in [0.05, 0.1) is 0 Å². The Morgan fingerprint density at radius 1 is 0.689 bits per heavy atom. The van der Waals surface area contributed by atoms with Crippen molar-refractivity contribution < 1.29 is 14.4 Å². The number of thioether (sulfide) groups is 1. The van der Waals surface area contributed by atoms with E-state index in [9.17, 15) is 14.4 Å². The van der Waals surface area contributed by atoms with E-state index in [1.54, 1.807) is 42.5 Å². The summed E-state index contributed by atoms with van der Waals surface area (Å²) in [5.41, 5.74) is 4.55. The van der Waals surface area contributed by atoms with Gasteiger partial charge in [-0.05, 0) is 84.8 Å². The molecular weight excluding hydrogens is 646 g/mol. The fourth-order valence-electron chi connectivity index (χ4n) is 4.36. The second-order valence-electron chi connectivity index (χ2n) is 10.2. The van der Waals surface area contributed by atoms with Gasteiger partial charge >= 0.3 is 0 Å². The molecule has 5 aromatic rings. The summed E-state index contributed by atoms with van der Waals surface area (Å²) in [5.74, 6) is -0.997. The molecule has 8 heteroatoms. The third-order valence-corrected chi connectivity index (χ3v) is 8.53. The molecule has 0 fully saturated rings. The number of halogens is 1. The fraction of sp³-hybridized carbons (Fsp3) is 0.0541. The highest BCUT2D eigenvalue weighted by atomic mass is 79.9. The molecule has 0 aromatic heterocycles. The van der Waals surface area contributed by atoms with Crippen molar-refractivity contribution in [3.05, 3.63) is 166 Å². The summed E-state index contributed by atoms with van der Waals surface area (Å²) < 4.78 is 0.902. The van der Waals surface area contributed by atoms with Crippen molar-refractivity contribution in [2.45, 2.75) is 17.1 Å². The molecule has 0 radical (unpaired) electrons. The lowest BCUT2D eigenvalue weighted by Gasteiger charge is -2.18. The van der Waals surface area contributed by atoms with Crippen LogP contribution in [0.4, 0.5) is 11.4 Å². The van der Waals surface area contributed by atoms with Gasteiger partial charge in [0.1, 0.15) is 10.9 Å². The Balaban J connectivity index is 1.32. The van der Waals surface area contributed by atoms with Crippen LogP contribution in [0.15, 0.2) is 149 Å². The number of carbonyl (C=O) groups is 3. The first kappa shape index (κ1) is 31.5. The van der Waals surface area contributed by atoms with Gasteiger partial charge < -0.3 is 16.0 Å². The predicted molar refractivity (Wildman–Crippen MR) is 186 cm³/mol. The van der Waals surface area contributed by atoms with Crippen LogP contribution in [0.1, 0.15) is 32.3 Å².